The minimum absolute atomic E-state index is 0.000744. The Hall–Kier alpha value is -2.62. The van der Waals surface area contributed by atoms with Gasteiger partial charge in [0.15, 0.2) is 0 Å². The Bertz CT molecular complexity index is 754. The van der Waals surface area contributed by atoms with Gasteiger partial charge in [-0.3, -0.25) is 19.7 Å². The number of hydrogen-bond acceptors (Lipinski definition) is 7. The molecule has 0 radical (unpaired) electrons. The van der Waals surface area contributed by atoms with Crippen molar-refractivity contribution in [3.05, 3.63) is 39.9 Å². The second kappa shape index (κ2) is 8.38. The SMILES string of the molecule is O=C(CN1CCC1=O)S[C@H]1CCN(C(=O)OCc2ccc([N+](=O)[O-])cc2)C1. The molecule has 144 valence electrons. The Morgan fingerprint density at radius 2 is 2.00 bits per heavy atom. The molecule has 2 amide bonds. The summed E-state index contributed by atoms with van der Waals surface area (Å²) in [6.07, 6.45) is 0.731. The lowest BCUT2D eigenvalue weighted by atomic mass is 10.2. The number of β-lactam (4-membered cyclic amide) rings is 1. The fourth-order valence-electron chi connectivity index (χ4n) is 2.85. The summed E-state index contributed by atoms with van der Waals surface area (Å²) in [7, 11) is 0. The van der Waals surface area contributed by atoms with Gasteiger partial charge in [-0.15, -0.1) is 0 Å². The first-order valence-electron chi connectivity index (χ1n) is 8.54. The maximum atomic E-state index is 12.1. The number of carbonyl (C=O) groups is 3. The Balaban J connectivity index is 1.40. The molecule has 27 heavy (non-hydrogen) atoms. The number of hydrogen-bond donors (Lipinski definition) is 0. The van der Waals surface area contributed by atoms with Gasteiger partial charge in [-0.1, -0.05) is 11.8 Å². The number of carbonyl (C=O) groups excluding carboxylic acids is 3. The van der Waals surface area contributed by atoms with Crippen molar-refractivity contribution >= 4 is 34.6 Å². The molecule has 0 aromatic heterocycles. The lowest BCUT2D eigenvalue weighted by molar-refractivity contribution is -0.384. The molecular weight excluding hydrogens is 374 g/mol. The molecule has 0 unspecified atom stereocenters. The molecule has 1 aromatic carbocycles. The minimum atomic E-state index is -0.489. The molecule has 10 heteroatoms. The number of amides is 2. The van der Waals surface area contributed by atoms with Crippen molar-refractivity contribution < 1.29 is 24.0 Å². The highest BCUT2D eigenvalue weighted by Crippen LogP contribution is 2.25. The second-order valence-corrected chi connectivity index (χ2v) is 7.75. The van der Waals surface area contributed by atoms with E-state index in [9.17, 15) is 24.5 Å². The fourth-order valence-corrected chi connectivity index (χ4v) is 3.93. The molecule has 9 nitrogen and oxygen atoms in total. The molecule has 0 spiro atoms. The van der Waals surface area contributed by atoms with Crippen LogP contribution in [0, 0.1) is 10.1 Å². The zero-order valence-corrected chi connectivity index (χ0v) is 15.4. The lowest BCUT2D eigenvalue weighted by Crippen LogP contribution is -2.45. The van der Waals surface area contributed by atoms with Crippen LogP contribution in [0.3, 0.4) is 0 Å². The number of nitrogens with zero attached hydrogens (tertiary/aromatic N) is 3. The number of ether oxygens (including phenoxy) is 1. The summed E-state index contributed by atoms with van der Waals surface area (Å²) in [5.74, 6) is 0.00632. The zero-order valence-electron chi connectivity index (χ0n) is 14.5. The average Bonchev–Trinajstić information content (AvgIpc) is 3.11. The molecule has 3 rings (SSSR count). The van der Waals surface area contributed by atoms with E-state index in [4.69, 9.17) is 4.74 Å². The number of nitro benzene ring substituents is 1. The van der Waals surface area contributed by atoms with E-state index in [0.29, 0.717) is 38.0 Å². The molecule has 2 saturated heterocycles. The maximum absolute atomic E-state index is 12.1. The number of likely N-dealkylation sites (tertiary alicyclic amines) is 2. The van der Waals surface area contributed by atoms with E-state index < -0.39 is 11.0 Å². The predicted molar refractivity (Wildman–Crippen MR) is 97.1 cm³/mol. The monoisotopic (exact) mass is 393 g/mol. The smallest absolute Gasteiger partial charge is 0.410 e. The van der Waals surface area contributed by atoms with Gasteiger partial charge >= 0.3 is 6.09 Å². The van der Waals surface area contributed by atoms with E-state index in [-0.39, 0.29) is 35.1 Å². The van der Waals surface area contributed by atoms with Crippen LogP contribution in [-0.4, -0.2) is 63.3 Å². The van der Waals surface area contributed by atoms with Crippen molar-refractivity contribution in [2.45, 2.75) is 24.7 Å². The number of thioether (sulfide) groups is 1. The Kier molecular flexibility index (Phi) is 5.94. The summed E-state index contributed by atoms with van der Waals surface area (Å²) < 4.78 is 5.24. The van der Waals surface area contributed by atoms with Gasteiger partial charge < -0.3 is 14.5 Å². The van der Waals surface area contributed by atoms with Gasteiger partial charge in [0, 0.05) is 43.4 Å². The second-order valence-electron chi connectivity index (χ2n) is 6.39. The molecule has 1 aromatic rings. The van der Waals surface area contributed by atoms with E-state index in [1.54, 1.807) is 17.0 Å². The number of nitro groups is 1. The van der Waals surface area contributed by atoms with E-state index in [1.807, 2.05) is 0 Å². The molecule has 0 aliphatic carbocycles. The van der Waals surface area contributed by atoms with Gasteiger partial charge in [-0.2, -0.15) is 0 Å². The highest BCUT2D eigenvalue weighted by atomic mass is 32.2. The summed E-state index contributed by atoms with van der Waals surface area (Å²) in [5.41, 5.74) is 0.641. The largest absolute Gasteiger partial charge is 0.445 e. The maximum Gasteiger partial charge on any atom is 0.410 e. The number of rotatable bonds is 6. The van der Waals surface area contributed by atoms with Crippen LogP contribution in [0.4, 0.5) is 10.5 Å². The molecule has 2 aliphatic heterocycles. The molecular formula is C17H19N3O6S. The van der Waals surface area contributed by atoms with E-state index >= 15 is 0 Å². The average molecular weight is 393 g/mol. The molecule has 2 aliphatic rings. The summed E-state index contributed by atoms with van der Waals surface area (Å²) in [4.78, 5) is 48.6. The van der Waals surface area contributed by atoms with Gasteiger partial charge in [0.2, 0.25) is 11.0 Å². The third-order valence-corrected chi connectivity index (χ3v) is 5.59. The number of benzene rings is 1. The van der Waals surface area contributed by atoms with Crippen molar-refractivity contribution in [1.29, 1.82) is 0 Å². The first kappa shape index (κ1) is 19.2. The van der Waals surface area contributed by atoms with Crippen molar-refractivity contribution in [2.75, 3.05) is 26.2 Å². The van der Waals surface area contributed by atoms with Crippen LogP contribution in [0.25, 0.3) is 0 Å². The third-order valence-electron chi connectivity index (χ3n) is 4.48. The van der Waals surface area contributed by atoms with Crippen LogP contribution in [0.15, 0.2) is 24.3 Å². The van der Waals surface area contributed by atoms with Crippen LogP contribution in [0.1, 0.15) is 18.4 Å². The van der Waals surface area contributed by atoms with Crippen LogP contribution >= 0.6 is 11.8 Å². The molecule has 0 bridgehead atoms. The van der Waals surface area contributed by atoms with E-state index in [2.05, 4.69) is 0 Å². The van der Waals surface area contributed by atoms with Gasteiger partial charge in [-0.25, -0.2) is 4.79 Å². The Morgan fingerprint density at radius 3 is 2.59 bits per heavy atom. The van der Waals surface area contributed by atoms with Gasteiger partial charge in [0.1, 0.15) is 6.61 Å². The predicted octanol–water partition coefficient (Wildman–Crippen LogP) is 1.80. The normalized spacial score (nSPS) is 19.0. The van der Waals surface area contributed by atoms with Crippen molar-refractivity contribution in [3.8, 4) is 0 Å². The highest BCUT2D eigenvalue weighted by molar-refractivity contribution is 8.14. The van der Waals surface area contributed by atoms with Crippen LogP contribution in [0.5, 0.6) is 0 Å². The summed E-state index contributed by atoms with van der Waals surface area (Å²) in [5, 5.41) is 10.6. The first-order chi connectivity index (χ1) is 12.9. The zero-order chi connectivity index (χ0) is 19.4. The summed E-state index contributed by atoms with van der Waals surface area (Å²) in [6, 6.07) is 5.81. The van der Waals surface area contributed by atoms with Crippen molar-refractivity contribution in [3.63, 3.8) is 0 Å². The lowest BCUT2D eigenvalue weighted by Gasteiger charge is -2.29. The van der Waals surface area contributed by atoms with Gasteiger partial charge in [0.25, 0.3) is 5.69 Å². The summed E-state index contributed by atoms with van der Waals surface area (Å²) in [6.45, 7) is 1.72. The quantitative estimate of drug-likeness (QED) is 0.412. The highest BCUT2D eigenvalue weighted by Gasteiger charge is 2.31. The third kappa shape index (κ3) is 4.97. The Morgan fingerprint density at radius 1 is 1.26 bits per heavy atom. The van der Waals surface area contributed by atoms with Gasteiger partial charge in [0.05, 0.1) is 11.5 Å². The summed E-state index contributed by atoms with van der Waals surface area (Å²) >= 11 is 1.18. The molecule has 2 fully saturated rings. The van der Waals surface area contributed by atoms with Crippen LogP contribution < -0.4 is 0 Å². The van der Waals surface area contributed by atoms with E-state index in [0.717, 1.165) is 0 Å². The van der Waals surface area contributed by atoms with Crippen molar-refractivity contribution in [2.24, 2.45) is 0 Å². The molecule has 0 N–H and O–H groups in total. The van der Waals surface area contributed by atoms with Crippen LogP contribution in [0.2, 0.25) is 0 Å². The molecule has 0 saturated carbocycles. The topological polar surface area (TPSA) is 110 Å². The van der Waals surface area contributed by atoms with Crippen LogP contribution in [-0.2, 0) is 20.9 Å². The molecule has 1 atom stereocenters. The Labute approximate surface area is 159 Å². The standard InChI is InChI=1S/C17H19N3O6S/c21-15-6-8-18(15)10-16(22)27-14-5-7-19(9-14)17(23)26-11-12-1-3-13(4-2-12)20(24)25/h1-4,14H,5-11H2/t14-/m0/s1. The van der Waals surface area contributed by atoms with Gasteiger partial charge in [-0.05, 0) is 24.1 Å². The first-order valence-corrected chi connectivity index (χ1v) is 9.42. The minimum Gasteiger partial charge on any atom is -0.445 e. The number of non-ortho nitro benzene ring substituents is 1. The van der Waals surface area contributed by atoms with E-state index in [1.165, 1.54) is 28.8 Å². The van der Waals surface area contributed by atoms with Crippen molar-refractivity contribution in [1.82, 2.24) is 9.80 Å². The fraction of sp³-hybridized carbons (Fsp3) is 0.471. The molecule has 2 heterocycles.